The Morgan fingerprint density at radius 2 is 1.50 bits per heavy atom. The molecule has 30 heavy (non-hydrogen) atoms. The molecule has 7 heteroatoms. The fraction of sp³-hybridized carbons (Fsp3) is 0.783. The SMILES string of the molecule is CC(C)=CCN(C)C(=O)C(NC(=O)OC(C)(C)C)C(C)C.CCC.CCOC(C)=O. The number of carbonyl (C=O) groups excluding carboxylic acids is 3. The number of allylic oxidation sites excluding steroid dienone is 1. The molecule has 0 aliphatic carbocycles. The van der Waals surface area contributed by atoms with Crippen LogP contribution in [0.25, 0.3) is 0 Å². The van der Waals surface area contributed by atoms with E-state index in [1.807, 2.05) is 33.8 Å². The number of esters is 1. The molecule has 1 unspecified atom stereocenters. The summed E-state index contributed by atoms with van der Waals surface area (Å²) in [5.74, 6) is -0.343. The molecule has 0 saturated carbocycles. The zero-order chi connectivity index (χ0) is 24.5. The Kier molecular flexibility index (Phi) is 19.3. The summed E-state index contributed by atoms with van der Waals surface area (Å²) in [6, 6.07) is -0.588. The average Bonchev–Trinajstić information content (AvgIpc) is 2.56. The first-order chi connectivity index (χ1) is 13.6. The summed E-state index contributed by atoms with van der Waals surface area (Å²) in [5.41, 5.74) is 0.568. The van der Waals surface area contributed by atoms with Gasteiger partial charge in [-0.05, 0) is 47.5 Å². The van der Waals surface area contributed by atoms with Gasteiger partial charge in [-0.2, -0.15) is 0 Å². The predicted molar refractivity (Wildman–Crippen MR) is 123 cm³/mol. The van der Waals surface area contributed by atoms with E-state index in [0.717, 1.165) is 5.57 Å². The molecule has 0 aliphatic heterocycles. The van der Waals surface area contributed by atoms with Gasteiger partial charge in [0.15, 0.2) is 0 Å². The van der Waals surface area contributed by atoms with Crippen LogP contribution in [0.2, 0.25) is 0 Å². The molecule has 0 fully saturated rings. The number of nitrogens with one attached hydrogen (secondary N) is 1. The minimum Gasteiger partial charge on any atom is -0.466 e. The van der Waals surface area contributed by atoms with E-state index in [1.54, 1.807) is 39.6 Å². The Hall–Kier alpha value is -2.05. The van der Waals surface area contributed by atoms with Crippen LogP contribution >= 0.6 is 0 Å². The monoisotopic (exact) mass is 430 g/mol. The van der Waals surface area contributed by atoms with Gasteiger partial charge < -0.3 is 19.7 Å². The number of amides is 2. The number of ether oxygens (including phenoxy) is 2. The number of hydrogen-bond donors (Lipinski definition) is 1. The number of carbonyl (C=O) groups is 3. The molecule has 7 nitrogen and oxygen atoms in total. The molecular formula is C23H46N2O5. The van der Waals surface area contributed by atoms with Gasteiger partial charge in [-0.15, -0.1) is 0 Å². The standard InChI is InChI=1S/C16H30N2O3.C4H8O2.C3H8/c1-11(2)9-10-18(8)14(19)13(12(3)4)17-15(20)21-16(5,6)7;1-3-6-4(2)5;1-3-2/h9,12-13H,10H2,1-8H3,(H,17,20);3H2,1-2H3;3H2,1-2H3. The van der Waals surface area contributed by atoms with Gasteiger partial charge in [-0.3, -0.25) is 9.59 Å². The van der Waals surface area contributed by atoms with Crippen molar-refractivity contribution in [2.75, 3.05) is 20.2 Å². The van der Waals surface area contributed by atoms with Gasteiger partial charge in [0.25, 0.3) is 0 Å². The van der Waals surface area contributed by atoms with Crippen LogP contribution in [0, 0.1) is 5.92 Å². The Labute approximate surface area is 184 Å². The van der Waals surface area contributed by atoms with Gasteiger partial charge in [0.2, 0.25) is 5.91 Å². The van der Waals surface area contributed by atoms with Gasteiger partial charge >= 0.3 is 12.1 Å². The number of nitrogens with zero attached hydrogens (tertiary/aromatic N) is 1. The number of rotatable bonds is 6. The van der Waals surface area contributed by atoms with Gasteiger partial charge in [0.05, 0.1) is 6.61 Å². The van der Waals surface area contributed by atoms with Gasteiger partial charge in [-0.25, -0.2) is 4.79 Å². The van der Waals surface area contributed by atoms with Crippen LogP contribution in [-0.2, 0) is 19.1 Å². The highest BCUT2D eigenvalue weighted by atomic mass is 16.6. The van der Waals surface area contributed by atoms with E-state index in [2.05, 4.69) is 23.9 Å². The molecule has 0 saturated heterocycles. The maximum atomic E-state index is 12.4. The van der Waals surface area contributed by atoms with Crippen LogP contribution < -0.4 is 5.32 Å². The molecule has 178 valence electrons. The van der Waals surface area contributed by atoms with Crippen molar-refractivity contribution >= 4 is 18.0 Å². The van der Waals surface area contributed by atoms with Gasteiger partial charge in [0.1, 0.15) is 11.6 Å². The molecule has 0 aromatic rings. The lowest BCUT2D eigenvalue weighted by Crippen LogP contribution is -2.51. The second kappa shape index (κ2) is 17.8. The maximum absolute atomic E-state index is 12.4. The summed E-state index contributed by atoms with van der Waals surface area (Å²) < 4.78 is 9.62. The van der Waals surface area contributed by atoms with Crippen LogP contribution in [0.3, 0.4) is 0 Å². The molecule has 0 aromatic heterocycles. The molecular weight excluding hydrogens is 384 g/mol. The third-order valence-corrected chi connectivity index (χ3v) is 3.10. The predicted octanol–water partition coefficient (Wildman–Crippen LogP) is 4.95. The van der Waals surface area contributed by atoms with E-state index < -0.39 is 17.7 Å². The third-order valence-electron chi connectivity index (χ3n) is 3.10. The molecule has 0 rings (SSSR count). The minimum atomic E-state index is -0.588. The summed E-state index contributed by atoms with van der Waals surface area (Å²) in [4.78, 5) is 35.7. The Bertz CT molecular complexity index is 518. The normalized spacial score (nSPS) is 11.0. The molecule has 0 heterocycles. The van der Waals surface area contributed by atoms with E-state index in [9.17, 15) is 14.4 Å². The highest BCUT2D eigenvalue weighted by Crippen LogP contribution is 2.10. The molecule has 0 bridgehead atoms. The first-order valence-electron chi connectivity index (χ1n) is 10.6. The summed E-state index contributed by atoms with van der Waals surface area (Å²) in [6.07, 6.45) is 2.66. The average molecular weight is 431 g/mol. The van der Waals surface area contributed by atoms with Crippen molar-refractivity contribution in [1.29, 1.82) is 0 Å². The fourth-order valence-corrected chi connectivity index (χ4v) is 1.80. The summed E-state index contributed by atoms with van der Waals surface area (Å²) in [7, 11) is 1.73. The van der Waals surface area contributed by atoms with Crippen molar-refractivity contribution in [2.24, 2.45) is 5.92 Å². The molecule has 0 spiro atoms. The largest absolute Gasteiger partial charge is 0.466 e. The molecule has 0 radical (unpaired) electrons. The van der Waals surface area contributed by atoms with Gasteiger partial charge in [0, 0.05) is 20.5 Å². The maximum Gasteiger partial charge on any atom is 0.408 e. The van der Waals surface area contributed by atoms with E-state index in [4.69, 9.17) is 4.74 Å². The van der Waals surface area contributed by atoms with E-state index >= 15 is 0 Å². The second-order valence-corrected chi connectivity index (χ2v) is 8.50. The van der Waals surface area contributed by atoms with E-state index in [-0.39, 0.29) is 17.8 Å². The van der Waals surface area contributed by atoms with E-state index in [0.29, 0.717) is 13.2 Å². The number of alkyl carbamates (subject to hydrolysis) is 1. The molecule has 0 aliphatic rings. The second-order valence-electron chi connectivity index (χ2n) is 8.50. The lowest BCUT2D eigenvalue weighted by atomic mass is 10.0. The van der Waals surface area contributed by atoms with Gasteiger partial charge in [-0.1, -0.05) is 45.8 Å². The van der Waals surface area contributed by atoms with Crippen molar-refractivity contribution < 1.29 is 23.9 Å². The van der Waals surface area contributed by atoms with Crippen LogP contribution in [0.1, 0.15) is 82.6 Å². The molecule has 1 N–H and O–H groups in total. The summed E-state index contributed by atoms with van der Waals surface area (Å²) in [6.45, 7) is 21.6. The van der Waals surface area contributed by atoms with Crippen LogP contribution in [0.15, 0.2) is 11.6 Å². The third kappa shape index (κ3) is 22.2. The zero-order valence-corrected chi connectivity index (χ0v) is 21.3. The first-order valence-corrected chi connectivity index (χ1v) is 10.6. The van der Waals surface area contributed by atoms with Crippen molar-refractivity contribution in [2.45, 2.75) is 94.2 Å². The lowest BCUT2D eigenvalue weighted by molar-refractivity contribution is -0.140. The smallest absolute Gasteiger partial charge is 0.408 e. The summed E-state index contributed by atoms with van der Waals surface area (Å²) >= 11 is 0. The molecule has 2 amide bonds. The van der Waals surface area contributed by atoms with Crippen molar-refractivity contribution in [3.05, 3.63) is 11.6 Å². The number of hydrogen-bond acceptors (Lipinski definition) is 5. The highest BCUT2D eigenvalue weighted by molar-refractivity contribution is 5.86. The Balaban J connectivity index is -0.000000676. The lowest BCUT2D eigenvalue weighted by Gasteiger charge is -2.28. The Morgan fingerprint density at radius 1 is 1.03 bits per heavy atom. The fourth-order valence-electron chi connectivity index (χ4n) is 1.80. The van der Waals surface area contributed by atoms with Crippen molar-refractivity contribution in [1.82, 2.24) is 10.2 Å². The summed E-state index contributed by atoms with van der Waals surface area (Å²) in [5, 5.41) is 2.67. The topological polar surface area (TPSA) is 84.9 Å². The van der Waals surface area contributed by atoms with Crippen LogP contribution in [-0.4, -0.2) is 54.7 Å². The molecule has 0 aromatic carbocycles. The number of likely N-dealkylation sites (N-methyl/N-ethyl adjacent to an activating group) is 1. The molecule has 1 atom stereocenters. The van der Waals surface area contributed by atoms with E-state index in [1.165, 1.54) is 13.3 Å². The van der Waals surface area contributed by atoms with Crippen molar-refractivity contribution in [3.63, 3.8) is 0 Å². The van der Waals surface area contributed by atoms with Crippen LogP contribution in [0.4, 0.5) is 4.79 Å². The first kappa shape index (κ1) is 32.6. The highest BCUT2D eigenvalue weighted by Gasteiger charge is 2.28. The van der Waals surface area contributed by atoms with Crippen LogP contribution in [0.5, 0.6) is 0 Å². The quantitative estimate of drug-likeness (QED) is 0.476. The Morgan fingerprint density at radius 3 is 1.77 bits per heavy atom. The minimum absolute atomic E-state index is 0.0147. The zero-order valence-electron chi connectivity index (χ0n) is 21.3. The van der Waals surface area contributed by atoms with Crippen molar-refractivity contribution in [3.8, 4) is 0 Å².